The van der Waals surface area contributed by atoms with E-state index < -0.39 is 52.7 Å². The molecule has 0 aliphatic heterocycles. The molecule has 0 N–H and O–H groups in total. The molecule has 0 saturated heterocycles. The normalized spacial score (nSPS) is 11.9. The highest BCUT2D eigenvalue weighted by Crippen LogP contribution is 2.47. The fraction of sp³-hybridized carbons (Fsp3) is 0. The summed E-state index contributed by atoms with van der Waals surface area (Å²) in [5.41, 5.74) is 0. The number of halogens is 6. The van der Waals surface area contributed by atoms with Crippen LogP contribution in [-0.4, -0.2) is 0 Å². The smallest absolute Gasteiger partial charge is 0.195 e. The van der Waals surface area contributed by atoms with Gasteiger partial charge >= 0.3 is 0 Å². The van der Waals surface area contributed by atoms with Crippen LogP contribution in [0.4, 0.5) is 26.3 Å². The van der Waals surface area contributed by atoms with Crippen LogP contribution < -0.4 is 15.9 Å². The molecule has 0 amide bonds. The predicted molar refractivity (Wildman–Crippen MR) is 121 cm³/mol. The van der Waals surface area contributed by atoms with Gasteiger partial charge in [-0.2, -0.15) is 0 Å². The van der Waals surface area contributed by atoms with Crippen LogP contribution in [0.15, 0.2) is 78.9 Å². The average molecular weight is 486 g/mol. The number of hydrogen-bond donors (Lipinski definition) is 0. The topological polar surface area (TPSA) is 17.1 Å². The quantitative estimate of drug-likeness (QED) is 0.124. The molecule has 5 aromatic carbocycles. The minimum atomic E-state index is -4.76. The Morgan fingerprint density at radius 1 is 0.471 bits per heavy atom. The predicted octanol–water partition coefficient (Wildman–Crippen LogP) is 6.47. The molecule has 5 rings (SSSR count). The Balaban J connectivity index is 2.01. The Morgan fingerprint density at radius 3 is 1.50 bits per heavy atom. The molecule has 5 aromatic rings. The first-order valence-electron chi connectivity index (χ1n) is 10.0. The van der Waals surface area contributed by atoms with Crippen molar-refractivity contribution in [1.29, 1.82) is 0 Å². The summed E-state index contributed by atoms with van der Waals surface area (Å²) < 4.78 is 101. The molecule has 8 heteroatoms. The second kappa shape index (κ2) is 8.03. The fourth-order valence-electron chi connectivity index (χ4n) is 4.20. The number of hydrogen-bond acceptors (Lipinski definition) is 1. The first-order chi connectivity index (χ1) is 16.2. The van der Waals surface area contributed by atoms with Crippen LogP contribution in [0.5, 0.6) is 0 Å². The van der Waals surface area contributed by atoms with Gasteiger partial charge in [-0.15, -0.1) is 0 Å². The van der Waals surface area contributed by atoms with Gasteiger partial charge in [-0.1, -0.05) is 48.5 Å². The van der Waals surface area contributed by atoms with Crippen molar-refractivity contribution in [3.8, 4) is 0 Å². The molecule has 170 valence electrons. The molecule has 0 spiro atoms. The van der Waals surface area contributed by atoms with E-state index in [0.717, 1.165) is 17.5 Å². The van der Waals surface area contributed by atoms with Crippen LogP contribution in [0.3, 0.4) is 0 Å². The first kappa shape index (κ1) is 22.2. The number of fused-ring (bicyclic) bond motifs is 3. The Kier molecular flexibility index (Phi) is 5.25. The van der Waals surface area contributed by atoms with Crippen LogP contribution in [0.25, 0.3) is 21.5 Å². The lowest BCUT2D eigenvalue weighted by molar-refractivity contribution is 0.449. The van der Waals surface area contributed by atoms with Gasteiger partial charge in [0, 0.05) is 5.30 Å². The van der Waals surface area contributed by atoms with Gasteiger partial charge in [0.2, 0.25) is 0 Å². The van der Waals surface area contributed by atoms with E-state index >= 15 is 8.78 Å². The van der Waals surface area contributed by atoms with Gasteiger partial charge in [0.25, 0.3) is 0 Å². The number of benzene rings is 5. The Bertz CT molecular complexity index is 1600. The zero-order chi connectivity index (χ0) is 24.2. The minimum absolute atomic E-state index is 0.128. The maximum atomic E-state index is 15.1. The first-order valence-corrected chi connectivity index (χ1v) is 11.7. The second-order valence-corrected chi connectivity index (χ2v) is 10.3. The van der Waals surface area contributed by atoms with Crippen molar-refractivity contribution < 1.29 is 30.9 Å². The summed E-state index contributed by atoms with van der Waals surface area (Å²) >= 11 is 0. The van der Waals surface area contributed by atoms with E-state index in [4.69, 9.17) is 0 Å². The van der Waals surface area contributed by atoms with E-state index in [1.165, 1.54) is 6.07 Å². The van der Waals surface area contributed by atoms with Gasteiger partial charge in [-0.3, -0.25) is 0 Å². The molecule has 0 aliphatic carbocycles. The molecule has 0 aliphatic rings. The molecule has 0 radical (unpaired) electrons. The summed E-state index contributed by atoms with van der Waals surface area (Å²) in [5, 5.41) is 0.303. The molecular weight excluding hydrogens is 473 g/mol. The van der Waals surface area contributed by atoms with E-state index in [1.807, 2.05) is 0 Å². The zero-order valence-electron chi connectivity index (χ0n) is 17.1. The Labute approximate surface area is 189 Å². The van der Waals surface area contributed by atoms with E-state index in [2.05, 4.69) is 0 Å². The molecule has 0 bridgehead atoms. The maximum Gasteiger partial charge on any atom is 0.195 e. The lowest BCUT2D eigenvalue weighted by atomic mass is 10.0. The molecule has 34 heavy (non-hydrogen) atoms. The van der Waals surface area contributed by atoms with Crippen LogP contribution in [0, 0.1) is 34.9 Å². The third kappa shape index (κ3) is 3.15. The Morgan fingerprint density at radius 2 is 0.941 bits per heavy atom. The largest absolute Gasteiger partial charge is 0.308 e. The fourth-order valence-corrected chi connectivity index (χ4v) is 7.15. The van der Waals surface area contributed by atoms with Crippen LogP contribution in [0.2, 0.25) is 0 Å². The molecule has 0 unspecified atom stereocenters. The average Bonchev–Trinajstić information content (AvgIpc) is 2.85. The summed E-state index contributed by atoms with van der Waals surface area (Å²) in [6, 6.07) is 17.5. The standard InChI is InChI=1S/C26H13F6OP/c27-18-9-11-20(25(31)23(18)29)34(33,21-12-10-19(28)24(30)26(21)32)22-13-14-5-1-2-6-15(14)16-7-3-4-8-17(16)22/h1-13H. The molecular formula is C26H13F6OP. The molecule has 0 aromatic heterocycles. The van der Waals surface area contributed by atoms with Gasteiger partial charge in [0.1, 0.15) is 0 Å². The summed E-state index contributed by atoms with van der Waals surface area (Å²) in [5.74, 6) is -10.5. The summed E-state index contributed by atoms with van der Waals surface area (Å²) in [6.45, 7) is 0. The lowest BCUT2D eigenvalue weighted by Crippen LogP contribution is -2.31. The van der Waals surface area contributed by atoms with Crippen molar-refractivity contribution in [2.24, 2.45) is 0 Å². The van der Waals surface area contributed by atoms with E-state index in [1.54, 1.807) is 48.5 Å². The van der Waals surface area contributed by atoms with Crippen molar-refractivity contribution in [3.05, 3.63) is 114 Å². The highest BCUT2D eigenvalue weighted by molar-refractivity contribution is 7.85. The van der Waals surface area contributed by atoms with Crippen molar-refractivity contribution in [1.82, 2.24) is 0 Å². The zero-order valence-corrected chi connectivity index (χ0v) is 18.0. The van der Waals surface area contributed by atoms with Crippen LogP contribution in [-0.2, 0) is 4.57 Å². The third-order valence-electron chi connectivity index (χ3n) is 5.79. The third-order valence-corrected chi connectivity index (χ3v) is 8.89. The van der Waals surface area contributed by atoms with Gasteiger partial charge in [-0.05, 0) is 51.9 Å². The highest BCUT2D eigenvalue weighted by atomic mass is 31.2. The van der Waals surface area contributed by atoms with Gasteiger partial charge in [0.15, 0.2) is 42.0 Å². The summed E-state index contributed by atoms with van der Waals surface area (Å²) in [6.07, 6.45) is 0. The second-order valence-electron chi connectivity index (χ2n) is 7.66. The molecule has 0 saturated carbocycles. The van der Waals surface area contributed by atoms with Gasteiger partial charge in [0.05, 0.1) is 10.6 Å². The highest BCUT2D eigenvalue weighted by Gasteiger charge is 2.39. The van der Waals surface area contributed by atoms with Crippen LogP contribution >= 0.6 is 7.14 Å². The SMILES string of the molecule is O=P(c1ccc(F)c(F)c1F)(c1ccc(F)c(F)c1F)c1cc2ccccc2c2ccccc12. The molecule has 0 heterocycles. The lowest BCUT2D eigenvalue weighted by Gasteiger charge is -2.24. The van der Waals surface area contributed by atoms with E-state index in [0.29, 0.717) is 28.3 Å². The van der Waals surface area contributed by atoms with Crippen molar-refractivity contribution in [3.63, 3.8) is 0 Å². The Hall–Kier alpha value is -3.57. The van der Waals surface area contributed by atoms with Crippen molar-refractivity contribution in [2.75, 3.05) is 0 Å². The van der Waals surface area contributed by atoms with Gasteiger partial charge in [-0.25, -0.2) is 26.3 Å². The van der Waals surface area contributed by atoms with Crippen molar-refractivity contribution >= 4 is 44.6 Å². The minimum Gasteiger partial charge on any atom is -0.308 e. The molecule has 1 nitrogen and oxygen atoms in total. The summed E-state index contributed by atoms with van der Waals surface area (Å²) in [4.78, 5) is 0. The van der Waals surface area contributed by atoms with Crippen molar-refractivity contribution in [2.45, 2.75) is 0 Å². The van der Waals surface area contributed by atoms with E-state index in [9.17, 15) is 22.1 Å². The summed E-state index contributed by atoms with van der Waals surface area (Å²) in [7, 11) is -4.76. The number of rotatable bonds is 3. The van der Waals surface area contributed by atoms with Gasteiger partial charge < -0.3 is 4.57 Å². The molecule has 0 atom stereocenters. The molecule has 0 fully saturated rings. The maximum absolute atomic E-state index is 15.1. The van der Waals surface area contributed by atoms with Crippen LogP contribution in [0.1, 0.15) is 0 Å². The van der Waals surface area contributed by atoms with E-state index in [-0.39, 0.29) is 5.30 Å². The monoisotopic (exact) mass is 486 g/mol.